The largest absolute Gasteiger partial charge is 0.512 e. The van der Waals surface area contributed by atoms with Gasteiger partial charge in [-0.05, 0) is 60.4 Å². The molecule has 0 saturated carbocycles. The number of halogens is 3. The molecule has 2 heterocycles. The predicted molar refractivity (Wildman–Crippen MR) is 205 cm³/mol. The van der Waals surface area contributed by atoms with E-state index in [9.17, 15) is 23.1 Å². The van der Waals surface area contributed by atoms with Crippen molar-refractivity contribution >= 4 is 27.7 Å². The minimum absolute atomic E-state index is 0. The topological polar surface area (TPSA) is 76.2 Å². The van der Waals surface area contributed by atoms with Crippen LogP contribution in [0.4, 0.5) is 13.2 Å². The molecule has 0 atom stereocenters. The van der Waals surface area contributed by atoms with Crippen LogP contribution >= 0.6 is 0 Å². The van der Waals surface area contributed by atoms with E-state index in [1.54, 1.807) is 24.4 Å². The number of aromatic nitrogens is 2. The number of aliphatic hydroxyl groups excluding tert-OH is 1. The summed E-state index contributed by atoms with van der Waals surface area (Å²) in [5, 5.41) is 11.9. The monoisotopic (exact) mass is 908 g/mol. The Bertz CT molecular complexity index is 2110. The van der Waals surface area contributed by atoms with Crippen LogP contribution in [0, 0.1) is 23.3 Å². The molecular weight excluding hydrogens is 854 g/mol. The first-order valence-electron chi connectivity index (χ1n) is 19.0. The molecular formula is C44H52F3IrN2O3-. The molecule has 53 heavy (non-hydrogen) atoms. The summed E-state index contributed by atoms with van der Waals surface area (Å²) in [5.74, 6) is -0.0565. The van der Waals surface area contributed by atoms with Crippen LogP contribution in [0.5, 0.6) is 0 Å². The summed E-state index contributed by atoms with van der Waals surface area (Å²) >= 11 is 0. The number of hydrogen-bond donors (Lipinski definition) is 1. The van der Waals surface area contributed by atoms with Gasteiger partial charge in [-0.15, -0.1) is 29.1 Å². The number of ketones is 1. The van der Waals surface area contributed by atoms with E-state index in [1.165, 1.54) is 11.6 Å². The number of rotatable bonds is 11. The molecule has 5 rings (SSSR count). The van der Waals surface area contributed by atoms with Gasteiger partial charge in [-0.1, -0.05) is 104 Å². The molecule has 0 spiro atoms. The molecule has 2 aromatic heterocycles. The summed E-state index contributed by atoms with van der Waals surface area (Å²) in [6.45, 7) is 16.2. The molecule has 0 amide bonds. The van der Waals surface area contributed by atoms with Gasteiger partial charge in [-0.3, -0.25) is 9.78 Å². The van der Waals surface area contributed by atoms with E-state index in [0.717, 1.165) is 72.7 Å². The minimum Gasteiger partial charge on any atom is -0.512 e. The third kappa shape index (κ3) is 10.7. The summed E-state index contributed by atoms with van der Waals surface area (Å²) in [5.41, 5.74) is 2.03. The van der Waals surface area contributed by atoms with Crippen LogP contribution in [0.15, 0.2) is 83.1 Å². The Kier molecular flexibility index (Phi) is 13.7. The zero-order chi connectivity index (χ0) is 40.2. The van der Waals surface area contributed by atoms with Crippen LogP contribution in [0.25, 0.3) is 44.3 Å². The van der Waals surface area contributed by atoms with Crippen LogP contribution in [0.1, 0.15) is 102 Å². The number of aliphatic hydroxyl groups is 1. The fourth-order valence-electron chi connectivity index (χ4n) is 6.02. The zero-order valence-corrected chi connectivity index (χ0v) is 34.4. The maximum Gasteiger partial charge on any atom is 0.394 e. The van der Waals surface area contributed by atoms with Crippen LogP contribution < -0.4 is 0 Å². The molecule has 9 heteroatoms. The normalized spacial score (nSPS) is 13.4. The van der Waals surface area contributed by atoms with E-state index in [1.807, 2.05) is 58.0 Å². The second kappa shape index (κ2) is 18.0. The maximum atomic E-state index is 13.6. The molecule has 0 aliphatic carbocycles. The SMILES string of the molecule is CCC(CC)C(=O)/C=C(\O)C(CC)CC.[2H]C([2H])(c1nc2cc(-c3ccnc(-c4[c-]c5ccccc5c(C(C)(C)C)c4)c3)ccc2o1)C(C)(C)C(F)(F)F.[Ir]. The summed E-state index contributed by atoms with van der Waals surface area (Å²) in [6, 6.07) is 22.6. The average molecular weight is 908 g/mol. The Morgan fingerprint density at radius 3 is 2.13 bits per heavy atom. The molecule has 0 bridgehead atoms. The summed E-state index contributed by atoms with van der Waals surface area (Å²) in [7, 11) is 0. The average Bonchev–Trinajstić information content (AvgIpc) is 3.56. The van der Waals surface area contributed by atoms with E-state index in [2.05, 4.69) is 48.9 Å². The Hall–Kier alpha value is -3.81. The van der Waals surface area contributed by atoms with E-state index in [0.29, 0.717) is 0 Å². The quantitative estimate of drug-likeness (QED) is 0.0812. The van der Waals surface area contributed by atoms with Crippen molar-refractivity contribution in [2.75, 3.05) is 0 Å². The zero-order valence-electron chi connectivity index (χ0n) is 34.0. The minimum atomic E-state index is -4.79. The molecule has 0 fully saturated rings. The molecule has 1 radical (unpaired) electrons. The molecule has 3 aromatic carbocycles. The van der Waals surface area contributed by atoms with Gasteiger partial charge < -0.3 is 9.52 Å². The number of nitrogens with zero attached hydrogens (tertiary/aromatic N) is 2. The molecule has 0 aliphatic heterocycles. The van der Waals surface area contributed by atoms with Crippen LogP contribution in [0.2, 0.25) is 0 Å². The number of carbonyl (C=O) groups is 1. The Labute approximate surface area is 328 Å². The smallest absolute Gasteiger partial charge is 0.394 e. The van der Waals surface area contributed by atoms with Crippen molar-refractivity contribution in [1.82, 2.24) is 9.97 Å². The second-order valence-corrected chi connectivity index (χ2v) is 14.8. The fourth-order valence-corrected chi connectivity index (χ4v) is 6.02. The van der Waals surface area contributed by atoms with Crippen molar-refractivity contribution in [3.05, 3.63) is 96.2 Å². The maximum absolute atomic E-state index is 13.6. The Morgan fingerprint density at radius 1 is 0.906 bits per heavy atom. The van der Waals surface area contributed by atoms with Gasteiger partial charge in [0.15, 0.2) is 17.3 Å². The van der Waals surface area contributed by atoms with Crippen molar-refractivity contribution in [3.8, 4) is 22.4 Å². The van der Waals surface area contributed by atoms with Crippen molar-refractivity contribution in [2.24, 2.45) is 17.3 Å². The Morgan fingerprint density at radius 2 is 1.53 bits per heavy atom. The molecule has 0 unspecified atom stereocenters. The number of benzene rings is 3. The number of oxazole rings is 1. The standard InChI is InChI=1S/C31H28F3N2O.C13H24O2.Ir/c1-29(2,3)24-15-22(14-21-8-6-7-9-23(21)24)25-16-20(12-13-35-25)19-10-11-27-26(17-19)36-28(37-27)18-30(4,5)31(32,33)34;1-5-10(6-2)12(14)9-13(15)11(7-3)8-4;/h6-13,15-17H,18H2,1-5H3;9-11,14H,5-8H2,1-4H3;/q-1;;/b;12-9-;/i18D2;;. The fraction of sp³-hybridized carbons (Fsp3) is 0.432. The summed E-state index contributed by atoms with van der Waals surface area (Å²) in [6.07, 6.45) is -1.05. The van der Waals surface area contributed by atoms with Gasteiger partial charge in [0.1, 0.15) is 5.52 Å². The number of carbonyl (C=O) groups excluding carboxylic acids is 1. The van der Waals surface area contributed by atoms with Gasteiger partial charge >= 0.3 is 6.18 Å². The van der Waals surface area contributed by atoms with E-state index < -0.39 is 23.9 Å². The van der Waals surface area contributed by atoms with E-state index >= 15 is 0 Å². The van der Waals surface area contributed by atoms with Crippen molar-refractivity contribution in [2.45, 2.75) is 106 Å². The molecule has 0 aliphatic rings. The second-order valence-electron chi connectivity index (χ2n) is 14.8. The predicted octanol–water partition coefficient (Wildman–Crippen LogP) is 12.8. The first kappa shape index (κ1) is 40.4. The molecule has 0 saturated heterocycles. The van der Waals surface area contributed by atoms with Gasteiger partial charge in [0, 0.05) is 59.0 Å². The number of hydrogen-bond acceptors (Lipinski definition) is 5. The number of fused-ring (bicyclic) bond motifs is 2. The number of allylic oxidation sites excluding steroid dienone is 2. The van der Waals surface area contributed by atoms with Gasteiger partial charge in [0.2, 0.25) is 0 Å². The van der Waals surface area contributed by atoms with Crippen LogP contribution in [-0.4, -0.2) is 27.0 Å². The third-order valence-corrected chi connectivity index (χ3v) is 9.55. The molecule has 5 nitrogen and oxygen atoms in total. The number of alkyl halides is 3. The van der Waals surface area contributed by atoms with E-state index in [-0.39, 0.29) is 60.0 Å². The molecule has 287 valence electrons. The van der Waals surface area contributed by atoms with E-state index in [4.69, 9.17) is 7.16 Å². The van der Waals surface area contributed by atoms with Crippen LogP contribution in [0.3, 0.4) is 0 Å². The van der Waals surface area contributed by atoms with Gasteiger partial charge in [0.05, 0.1) is 11.2 Å². The third-order valence-electron chi connectivity index (χ3n) is 9.55. The van der Waals surface area contributed by atoms with Crippen molar-refractivity contribution in [3.63, 3.8) is 0 Å². The van der Waals surface area contributed by atoms with Crippen molar-refractivity contribution in [1.29, 1.82) is 0 Å². The molecule has 5 aromatic rings. The summed E-state index contributed by atoms with van der Waals surface area (Å²) < 4.78 is 62.6. The van der Waals surface area contributed by atoms with Gasteiger partial charge in [-0.25, -0.2) is 4.98 Å². The first-order valence-corrected chi connectivity index (χ1v) is 18.0. The molecule has 1 N–H and O–H groups in total. The van der Waals surface area contributed by atoms with Crippen LogP contribution in [-0.2, 0) is 36.7 Å². The number of pyridine rings is 1. The Balaban J connectivity index is 0.000000433. The first-order chi connectivity index (χ1) is 25.2. The van der Waals surface area contributed by atoms with Gasteiger partial charge in [-0.2, -0.15) is 13.2 Å². The van der Waals surface area contributed by atoms with Crippen molar-refractivity contribution < 1.29 is 50.3 Å². The summed E-state index contributed by atoms with van der Waals surface area (Å²) in [4.78, 5) is 20.4. The van der Waals surface area contributed by atoms with Gasteiger partial charge in [0.25, 0.3) is 0 Å².